The Balaban J connectivity index is 1.87. The summed E-state index contributed by atoms with van der Waals surface area (Å²) in [5.41, 5.74) is 0. The Hall–Kier alpha value is -1.43. The first kappa shape index (κ1) is 14.0. The molecule has 19 heavy (non-hydrogen) atoms. The zero-order chi connectivity index (χ0) is 13.5. The molecule has 1 aromatic rings. The van der Waals surface area contributed by atoms with Gasteiger partial charge >= 0.3 is 0 Å². The van der Waals surface area contributed by atoms with Crippen molar-refractivity contribution in [2.24, 2.45) is 0 Å². The highest BCUT2D eigenvalue weighted by Crippen LogP contribution is 2.12. The Kier molecular flexibility index (Phi) is 5.32. The first-order chi connectivity index (χ1) is 9.29. The summed E-state index contributed by atoms with van der Waals surface area (Å²) < 4.78 is 0. The average molecular weight is 264 g/mol. The highest BCUT2D eigenvalue weighted by molar-refractivity contribution is 5.40. The molecule has 0 unspecified atom stereocenters. The summed E-state index contributed by atoms with van der Waals surface area (Å²) in [5.74, 6) is 1.58. The minimum Gasteiger partial charge on any atom is -0.353 e. The van der Waals surface area contributed by atoms with Crippen LogP contribution < -0.4 is 10.2 Å². The molecule has 2 rings (SSSR count). The zero-order valence-electron chi connectivity index (χ0n) is 12.0. The second kappa shape index (κ2) is 7.23. The third kappa shape index (κ3) is 4.31. The molecule has 0 aliphatic carbocycles. The predicted octanol–water partition coefficient (Wildman–Crippen LogP) is 1.23. The lowest BCUT2D eigenvalue weighted by molar-refractivity contribution is 0.312. The lowest BCUT2D eigenvalue weighted by atomic mass is 10.2. The standard InChI is InChI=1S/C13H24N6/c1-3-4-5-6-14-13-16-12(11-15-17-13)19-9-7-18(2)8-10-19/h11H,3-10H2,1-2H3,(H,14,16,17). The van der Waals surface area contributed by atoms with E-state index in [9.17, 15) is 0 Å². The molecule has 0 aromatic carbocycles. The van der Waals surface area contributed by atoms with Crippen LogP contribution in [0.4, 0.5) is 11.8 Å². The number of piperazine rings is 1. The summed E-state index contributed by atoms with van der Waals surface area (Å²) in [6.45, 7) is 7.27. The van der Waals surface area contributed by atoms with E-state index in [0.29, 0.717) is 5.95 Å². The van der Waals surface area contributed by atoms with Gasteiger partial charge in [0, 0.05) is 32.7 Å². The largest absolute Gasteiger partial charge is 0.353 e. The highest BCUT2D eigenvalue weighted by atomic mass is 15.3. The van der Waals surface area contributed by atoms with Gasteiger partial charge in [0.25, 0.3) is 0 Å². The first-order valence-corrected chi connectivity index (χ1v) is 7.16. The number of hydrogen-bond acceptors (Lipinski definition) is 6. The molecular weight excluding hydrogens is 240 g/mol. The second-order valence-corrected chi connectivity index (χ2v) is 5.06. The fourth-order valence-electron chi connectivity index (χ4n) is 2.13. The quantitative estimate of drug-likeness (QED) is 0.780. The summed E-state index contributed by atoms with van der Waals surface area (Å²) in [5, 5.41) is 11.3. The summed E-state index contributed by atoms with van der Waals surface area (Å²) >= 11 is 0. The van der Waals surface area contributed by atoms with Crippen LogP contribution in [0.15, 0.2) is 6.20 Å². The summed E-state index contributed by atoms with van der Waals surface area (Å²) in [4.78, 5) is 9.14. The smallest absolute Gasteiger partial charge is 0.244 e. The SMILES string of the molecule is CCCCCNc1nncc(N2CCN(C)CC2)n1. The van der Waals surface area contributed by atoms with E-state index >= 15 is 0 Å². The molecule has 0 saturated carbocycles. The number of rotatable bonds is 6. The van der Waals surface area contributed by atoms with E-state index in [2.05, 4.69) is 44.3 Å². The van der Waals surface area contributed by atoms with Gasteiger partial charge in [-0.1, -0.05) is 19.8 Å². The van der Waals surface area contributed by atoms with Crippen molar-refractivity contribution in [1.29, 1.82) is 0 Å². The van der Waals surface area contributed by atoms with Crippen LogP contribution in [0.2, 0.25) is 0 Å². The van der Waals surface area contributed by atoms with Gasteiger partial charge in [0.2, 0.25) is 5.95 Å². The van der Waals surface area contributed by atoms with E-state index < -0.39 is 0 Å². The molecule has 6 nitrogen and oxygen atoms in total. The number of nitrogens with zero attached hydrogens (tertiary/aromatic N) is 5. The number of aromatic nitrogens is 3. The molecule has 2 heterocycles. The average Bonchev–Trinajstić information content (AvgIpc) is 2.45. The Bertz CT molecular complexity index is 375. The lowest BCUT2D eigenvalue weighted by Gasteiger charge is -2.32. The number of anilines is 2. The molecule has 1 aliphatic rings. The van der Waals surface area contributed by atoms with E-state index in [0.717, 1.165) is 45.0 Å². The molecule has 106 valence electrons. The van der Waals surface area contributed by atoms with Gasteiger partial charge in [0.1, 0.15) is 0 Å². The van der Waals surface area contributed by atoms with Crippen LogP contribution in [0, 0.1) is 0 Å². The van der Waals surface area contributed by atoms with Gasteiger partial charge in [-0.3, -0.25) is 0 Å². The van der Waals surface area contributed by atoms with Crippen molar-refractivity contribution in [3.63, 3.8) is 0 Å². The topological polar surface area (TPSA) is 57.2 Å². The zero-order valence-corrected chi connectivity index (χ0v) is 12.0. The Morgan fingerprint density at radius 2 is 2.00 bits per heavy atom. The van der Waals surface area contributed by atoms with Crippen molar-refractivity contribution < 1.29 is 0 Å². The monoisotopic (exact) mass is 264 g/mol. The fraction of sp³-hybridized carbons (Fsp3) is 0.769. The van der Waals surface area contributed by atoms with Crippen LogP contribution in [0.3, 0.4) is 0 Å². The summed E-state index contributed by atoms with van der Waals surface area (Å²) in [6.07, 6.45) is 5.36. The van der Waals surface area contributed by atoms with Crippen LogP contribution in [-0.4, -0.2) is 59.9 Å². The maximum atomic E-state index is 4.54. The summed E-state index contributed by atoms with van der Waals surface area (Å²) in [7, 11) is 2.15. The van der Waals surface area contributed by atoms with Crippen molar-refractivity contribution >= 4 is 11.8 Å². The van der Waals surface area contributed by atoms with Crippen molar-refractivity contribution in [3.05, 3.63) is 6.20 Å². The molecule has 0 amide bonds. The minimum atomic E-state index is 0.646. The predicted molar refractivity (Wildman–Crippen MR) is 77.6 cm³/mol. The summed E-state index contributed by atoms with van der Waals surface area (Å²) in [6, 6.07) is 0. The first-order valence-electron chi connectivity index (χ1n) is 7.16. The molecule has 6 heteroatoms. The van der Waals surface area contributed by atoms with Crippen molar-refractivity contribution in [3.8, 4) is 0 Å². The third-order valence-electron chi connectivity index (χ3n) is 3.44. The normalized spacial score (nSPS) is 16.6. The van der Waals surface area contributed by atoms with Gasteiger partial charge in [-0.2, -0.15) is 10.1 Å². The van der Waals surface area contributed by atoms with Gasteiger partial charge in [0.15, 0.2) is 5.82 Å². The van der Waals surface area contributed by atoms with E-state index in [1.54, 1.807) is 6.20 Å². The van der Waals surface area contributed by atoms with Crippen molar-refractivity contribution in [1.82, 2.24) is 20.1 Å². The molecule has 1 aliphatic heterocycles. The number of likely N-dealkylation sites (N-methyl/N-ethyl adjacent to an activating group) is 1. The molecule has 0 spiro atoms. The van der Waals surface area contributed by atoms with Crippen LogP contribution >= 0.6 is 0 Å². The minimum absolute atomic E-state index is 0.646. The van der Waals surface area contributed by atoms with Gasteiger partial charge in [-0.25, -0.2) is 0 Å². The molecule has 1 N–H and O–H groups in total. The van der Waals surface area contributed by atoms with Crippen molar-refractivity contribution in [2.75, 3.05) is 50.0 Å². The molecule has 1 saturated heterocycles. The Morgan fingerprint density at radius 1 is 1.21 bits per heavy atom. The van der Waals surface area contributed by atoms with Crippen LogP contribution in [-0.2, 0) is 0 Å². The van der Waals surface area contributed by atoms with Gasteiger partial charge in [0.05, 0.1) is 6.20 Å². The molecule has 0 bridgehead atoms. The fourth-order valence-corrected chi connectivity index (χ4v) is 2.13. The Morgan fingerprint density at radius 3 is 2.74 bits per heavy atom. The maximum Gasteiger partial charge on any atom is 0.244 e. The van der Waals surface area contributed by atoms with E-state index in [1.165, 1.54) is 12.8 Å². The Labute approximate surface area is 115 Å². The third-order valence-corrected chi connectivity index (χ3v) is 3.44. The lowest BCUT2D eigenvalue weighted by Crippen LogP contribution is -2.44. The molecule has 1 fully saturated rings. The molecular formula is C13H24N6. The number of unbranched alkanes of at least 4 members (excludes halogenated alkanes) is 2. The van der Waals surface area contributed by atoms with Crippen LogP contribution in [0.5, 0.6) is 0 Å². The highest BCUT2D eigenvalue weighted by Gasteiger charge is 2.16. The van der Waals surface area contributed by atoms with Gasteiger partial charge in [-0.05, 0) is 13.5 Å². The number of hydrogen-bond donors (Lipinski definition) is 1. The van der Waals surface area contributed by atoms with Gasteiger partial charge < -0.3 is 15.1 Å². The molecule has 0 atom stereocenters. The second-order valence-electron chi connectivity index (χ2n) is 5.06. The molecule has 0 radical (unpaired) electrons. The number of nitrogens with one attached hydrogen (secondary N) is 1. The van der Waals surface area contributed by atoms with E-state index in [-0.39, 0.29) is 0 Å². The van der Waals surface area contributed by atoms with Crippen LogP contribution in [0.25, 0.3) is 0 Å². The van der Waals surface area contributed by atoms with Gasteiger partial charge in [-0.15, -0.1) is 5.10 Å². The van der Waals surface area contributed by atoms with Crippen molar-refractivity contribution in [2.45, 2.75) is 26.2 Å². The van der Waals surface area contributed by atoms with E-state index in [1.807, 2.05) is 0 Å². The van der Waals surface area contributed by atoms with E-state index in [4.69, 9.17) is 0 Å². The van der Waals surface area contributed by atoms with Crippen LogP contribution in [0.1, 0.15) is 26.2 Å². The molecule has 1 aromatic heterocycles. The maximum absolute atomic E-state index is 4.54.